The number of hydrogen-bond donors (Lipinski definition) is 3. The molecule has 3 aromatic carbocycles. The van der Waals surface area contributed by atoms with Gasteiger partial charge in [0.05, 0.1) is 51.3 Å². The van der Waals surface area contributed by atoms with Crippen molar-refractivity contribution >= 4 is 11.8 Å². The van der Waals surface area contributed by atoms with E-state index in [4.69, 9.17) is 38.4 Å². The molecule has 3 N–H and O–H groups in total. The van der Waals surface area contributed by atoms with Crippen molar-refractivity contribution in [2.24, 2.45) is 22.9 Å². The SMILES string of the molecule is C=CCO[C@@]12Oc3ccc(Oc4ccc(C)c(C)c4)cc3[C@H]3[C@H](CCCCO)[C@@H](CCCCO)C=C(C(=NOC(C)(C)C)C[C@@H]1N(CCOCCO)C(=O)OCCOCc1ccccc1)[C@H]32. The van der Waals surface area contributed by atoms with Crippen molar-refractivity contribution in [3.8, 4) is 17.2 Å². The molecule has 6 atom stereocenters. The molecule has 1 fully saturated rings. The summed E-state index contributed by atoms with van der Waals surface area (Å²) in [6.45, 7) is 14.9. The first-order valence-corrected chi connectivity index (χ1v) is 23.7. The topological polar surface area (TPSA) is 158 Å². The fraction of sp³-hybridized carbons (Fsp3) is 0.547. The number of amides is 1. The summed E-state index contributed by atoms with van der Waals surface area (Å²) in [5.41, 5.74) is 5.20. The zero-order chi connectivity index (χ0) is 47.1. The van der Waals surface area contributed by atoms with Gasteiger partial charge < -0.3 is 48.6 Å². The summed E-state index contributed by atoms with van der Waals surface area (Å²) >= 11 is 0. The summed E-state index contributed by atoms with van der Waals surface area (Å²) in [5, 5.41) is 34.5. The number of oxime groups is 1. The van der Waals surface area contributed by atoms with E-state index in [1.165, 1.54) is 5.56 Å². The summed E-state index contributed by atoms with van der Waals surface area (Å²) in [6, 6.07) is 20.9. The number of carbonyl (C=O) groups is 1. The molecule has 360 valence electrons. The molecular formula is C53H72N2O11. The van der Waals surface area contributed by atoms with E-state index < -0.39 is 29.4 Å². The van der Waals surface area contributed by atoms with Crippen LogP contribution in [0.4, 0.5) is 4.79 Å². The van der Waals surface area contributed by atoms with Crippen molar-refractivity contribution in [3.63, 3.8) is 0 Å². The number of aliphatic hydroxyl groups is 3. The first-order valence-electron chi connectivity index (χ1n) is 23.7. The van der Waals surface area contributed by atoms with Crippen LogP contribution in [0.25, 0.3) is 0 Å². The molecule has 13 heteroatoms. The van der Waals surface area contributed by atoms with E-state index in [-0.39, 0.29) is 83.6 Å². The van der Waals surface area contributed by atoms with E-state index in [0.717, 1.165) is 53.7 Å². The molecule has 3 aromatic rings. The third-order valence-corrected chi connectivity index (χ3v) is 12.7. The molecule has 66 heavy (non-hydrogen) atoms. The van der Waals surface area contributed by atoms with Gasteiger partial charge in [-0.05, 0) is 125 Å². The summed E-state index contributed by atoms with van der Waals surface area (Å²) in [5.74, 6) is -0.228. The molecule has 0 saturated heterocycles. The maximum absolute atomic E-state index is 14.7. The van der Waals surface area contributed by atoms with Crippen LogP contribution in [-0.4, -0.2) is 109 Å². The number of nitrogens with zero attached hydrogens (tertiary/aromatic N) is 2. The lowest BCUT2D eigenvalue weighted by molar-refractivity contribution is -0.256. The van der Waals surface area contributed by atoms with Gasteiger partial charge in [0.1, 0.15) is 35.5 Å². The number of ether oxygens (including phenoxy) is 6. The standard InChI is InChI=1S/C53H72N2O11/c1-7-27-63-53-48(55(23-28-60-29-26-58)51(59)62-31-30-61-36-39-15-9-8-10-16-39)35-46(54-66-52(4,5)6)44-33-40(17-11-13-24-56)43(18-12-14-25-57)49(50(44)53)45-34-42(21-22-47(45)65-53)64-41-20-19-37(2)38(3)32-41/h7-10,15-16,19-22,32-34,40,43,48-50,56-58H,1,11-14,17-18,23-31,35-36H2,2-6H3/t40-,43+,48-,49+,50+,53+/m0/s1. The third-order valence-electron chi connectivity index (χ3n) is 12.7. The molecule has 3 aliphatic rings. The highest BCUT2D eigenvalue weighted by Crippen LogP contribution is 2.62. The fourth-order valence-corrected chi connectivity index (χ4v) is 9.56. The first-order chi connectivity index (χ1) is 31.9. The monoisotopic (exact) mass is 913 g/mol. The Hall–Kier alpha value is -4.76. The fourth-order valence-electron chi connectivity index (χ4n) is 9.56. The van der Waals surface area contributed by atoms with Crippen molar-refractivity contribution in [1.29, 1.82) is 0 Å². The molecule has 0 bridgehead atoms. The van der Waals surface area contributed by atoms with Gasteiger partial charge in [0.2, 0.25) is 5.79 Å². The van der Waals surface area contributed by atoms with Gasteiger partial charge in [0.25, 0.3) is 0 Å². The number of fused-ring (bicyclic) bond motifs is 2. The molecule has 1 amide bonds. The molecule has 1 saturated carbocycles. The van der Waals surface area contributed by atoms with Crippen LogP contribution in [0.3, 0.4) is 0 Å². The normalized spacial score (nSPS) is 22.7. The smallest absolute Gasteiger partial charge is 0.410 e. The van der Waals surface area contributed by atoms with E-state index >= 15 is 0 Å². The highest BCUT2D eigenvalue weighted by molar-refractivity contribution is 6.03. The van der Waals surface area contributed by atoms with Gasteiger partial charge in [-0.15, -0.1) is 6.58 Å². The Labute approximate surface area is 391 Å². The zero-order valence-electron chi connectivity index (χ0n) is 39.6. The Kier molecular flexibility index (Phi) is 18.7. The highest BCUT2D eigenvalue weighted by Gasteiger charge is 2.65. The first kappa shape index (κ1) is 50.6. The van der Waals surface area contributed by atoms with E-state index in [0.29, 0.717) is 36.7 Å². The third kappa shape index (κ3) is 12.8. The van der Waals surface area contributed by atoms with Crippen LogP contribution in [-0.2, 0) is 30.4 Å². The lowest BCUT2D eigenvalue weighted by Gasteiger charge is -2.59. The van der Waals surface area contributed by atoms with E-state index in [1.807, 2.05) is 75.4 Å². The van der Waals surface area contributed by atoms with E-state index in [9.17, 15) is 20.1 Å². The molecule has 1 heterocycles. The molecule has 13 nitrogen and oxygen atoms in total. The molecular weight excluding hydrogens is 841 g/mol. The number of hydrogen-bond acceptors (Lipinski definition) is 12. The van der Waals surface area contributed by atoms with Gasteiger partial charge in [-0.3, -0.25) is 4.90 Å². The molecule has 0 aromatic heterocycles. The second-order valence-electron chi connectivity index (χ2n) is 18.5. The van der Waals surface area contributed by atoms with Crippen LogP contribution in [0, 0.1) is 31.6 Å². The van der Waals surface area contributed by atoms with Crippen molar-refractivity contribution in [2.45, 2.75) is 110 Å². The van der Waals surface area contributed by atoms with Gasteiger partial charge in [-0.25, -0.2) is 4.79 Å². The number of aryl methyl sites for hydroxylation is 2. The lowest BCUT2D eigenvalue weighted by Crippen LogP contribution is -2.70. The quantitative estimate of drug-likeness (QED) is 0.0423. The maximum atomic E-state index is 14.7. The largest absolute Gasteiger partial charge is 0.459 e. The Morgan fingerprint density at radius 1 is 0.879 bits per heavy atom. The molecule has 0 spiro atoms. The van der Waals surface area contributed by atoms with Crippen molar-refractivity contribution in [2.75, 3.05) is 59.4 Å². The summed E-state index contributed by atoms with van der Waals surface area (Å²) < 4.78 is 38.8. The average Bonchev–Trinajstić information content (AvgIpc) is 3.30. The van der Waals surface area contributed by atoms with Gasteiger partial charge in [-0.1, -0.05) is 66.5 Å². The number of rotatable bonds is 25. The highest BCUT2D eigenvalue weighted by atomic mass is 16.7. The summed E-state index contributed by atoms with van der Waals surface area (Å²) in [4.78, 5) is 22.6. The number of carbonyl (C=O) groups excluding carboxylic acids is 1. The number of benzene rings is 3. The van der Waals surface area contributed by atoms with Crippen LogP contribution in [0.15, 0.2) is 96.2 Å². The minimum Gasteiger partial charge on any atom is -0.459 e. The van der Waals surface area contributed by atoms with Crippen LogP contribution in [0.1, 0.15) is 93.9 Å². The molecule has 2 aliphatic carbocycles. The average molecular weight is 913 g/mol. The van der Waals surface area contributed by atoms with Gasteiger partial charge in [0, 0.05) is 37.7 Å². The number of allylic oxidation sites excluding steroid dienone is 1. The number of unbranched alkanes of at least 4 members (excludes halogenated alkanes) is 2. The molecule has 1 aliphatic heterocycles. The Morgan fingerprint density at radius 3 is 2.33 bits per heavy atom. The van der Waals surface area contributed by atoms with Crippen LogP contribution in [0.5, 0.6) is 17.2 Å². The lowest BCUT2D eigenvalue weighted by atomic mass is 9.55. The predicted molar refractivity (Wildman–Crippen MR) is 254 cm³/mol. The van der Waals surface area contributed by atoms with Crippen LogP contribution >= 0.6 is 0 Å². The van der Waals surface area contributed by atoms with E-state index in [2.05, 4.69) is 38.6 Å². The zero-order valence-corrected chi connectivity index (χ0v) is 39.6. The maximum Gasteiger partial charge on any atom is 0.410 e. The van der Waals surface area contributed by atoms with Crippen molar-refractivity contribution < 1.29 is 53.4 Å². The summed E-state index contributed by atoms with van der Waals surface area (Å²) in [7, 11) is 0. The second-order valence-corrected chi connectivity index (χ2v) is 18.5. The van der Waals surface area contributed by atoms with Crippen LogP contribution in [0.2, 0.25) is 0 Å². The van der Waals surface area contributed by atoms with Crippen LogP contribution < -0.4 is 9.47 Å². The van der Waals surface area contributed by atoms with E-state index in [1.54, 1.807) is 11.0 Å². The Bertz CT molecular complexity index is 2080. The number of aliphatic hydroxyl groups excluding tert-OH is 3. The summed E-state index contributed by atoms with van der Waals surface area (Å²) in [6.07, 6.45) is 8.08. The van der Waals surface area contributed by atoms with Gasteiger partial charge >= 0.3 is 6.09 Å². The Morgan fingerprint density at radius 2 is 1.62 bits per heavy atom. The second kappa shape index (κ2) is 24.3. The molecule has 0 radical (unpaired) electrons. The van der Waals surface area contributed by atoms with Crippen molar-refractivity contribution in [3.05, 3.63) is 113 Å². The molecule has 6 rings (SSSR count). The van der Waals surface area contributed by atoms with Gasteiger partial charge in [0.15, 0.2) is 0 Å². The van der Waals surface area contributed by atoms with Gasteiger partial charge in [-0.2, -0.15) is 0 Å². The Balaban J connectivity index is 1.51. The molecule has 0 unspecified atom stereocenters. The van der Waals surface area contributed by atoms with Crippen molar-refractivity contribution in [1.82, 2.24) is 4.90 Å². The predicted octanol–water partition coefficient (Wildman–Crippen LogP) is 9.19. The minimum atomic E-state index is -1.50. The minimum absolute atomic E-state index is 0.00634.